The van der Waals surface area contributed by atoms with Crippen molar-refractivity contribution in [3.05, 3.63) is 0 Å². The Morgan fingerprint density at radius 1 is 1.43 bits per heavy atom. The summed E-state index contributed by atoms with van der Waals surface area (Å²) in [6.45, 7) is 6.03. The van der Waals surface area contributed by atoms with Gasteiger partial charge in [0.2, 0.25) is 0 Å². The normalized spacial score (nSPS) is 17.1. The van der Waals surface area contributed by atoms with Crippen molar-refractivity contribution in [2.75, 3.05) is 14.1 Å². The summed E-state index contributed by atoms with van der Waals surface area (Å²) in [4.78, 5) is 2.09. The molecule has 1 N–H and O–H groups in total. The monoisotopic (exact) mass is 197 g/mol. The summed E-state index contributed by atoms with van der Waals surface area (Å²) < 4.78 is 0. The highest BCUT2D eigenvalue weighted by Crippen LogP contribution is 2.23. The minimum absolute atomic E-state index is 0.130. The van der Waals surface area contributed by atoms with Crippen molar-refractivity contribution in [3.63, 3.8) is 0 Å². The molecule has 0 aromatic rings. The van der Waals surface area contributed by atoms with E-state index in [-0.39, 0.29) is 11.6 Å². The third kappa shape index (κ3) is 3.32. The molecule has 82 valence electrons. The van der Waals surface area contributed by atoms with E-state index in [0.29, 0.717) is 0 Å². The molecule has 2 nitrogen and oxygen atoms in total. The molecular formula is C12H23NO. The molecule has 0 aliphatic heterocycles. The first kappa shape index (κ1) is 13.5. The van der Waals surface area contributed by atoms with Gasteiger partial charge in [0, 0.05) is 12.0 Å². The van der Waals surface area contributed by atoms with Gasteiger partial charge in [0.05, 0.1) is 6.10 Å². The maximum atomic E-state index is 10.1. The Hall–Kier alpha value is -0.520. The van der Waals surface area contributed by atoms with Gasteiger partial charge in [0.15, 0.2) is 0 Å². The molecule has 0 bridgehead atoms. The Morgan fingerprint density at radius 2 is 2.00 bits per heavy atom. The standard InChI is InChI=1S/C12H23NO/c1-6-8-9-10-11(14)12(3,7-2)13(4)5/h11,14H,7,9-10H2,1-5H3. The zero-order chi connectivity index (χ0) is 11.2. The molecule has 0 aliphatic rings. The minimum Gasteiger partial charge on any atom is -0.391 e. The van der Waals surface area contributed by atoms with E-state index in [1.54, 1.807) is 0 Å². The molecule has 0 amide bonds. The van der Waals surface area contributed by atoms with Crippen LogP contribution >= 0.6 is 0 Å². The van der Waals surface area contributed by atoms with Gasteiger partial charge in [0.1, 0.15) is 0 Å². The fourth-order valence-corrected chi connectivity index (χ4v) is 1.49. The van der Waals surface area contributed by atoms with Gasteiger partial charge in [-0.1, -0.05) is 6.92 Å². The van der Waals surface area contributed by atoms with Crippen molar-refractivity contribution in [1.82, 2.24) is 4.90 Å². The van der Waals surface area contributed by atoms with Gasteiger partial charge in [-0.05, 0) is 40.8 Å². The molecule has 0 fully saturated rings. The second kappa shape index (κ2) is 6.06. The lowest BCUT2D eigenvalue weighted by atomic mass is 9.87. The third-order valence-corrected chi connectivity index (χ3v) is 3.17. The van der Waals surface area contributed by atoms with Gasteiger partial charge in [-0.25, -0.2) is 0 Å². The number of aliphatic hydroxyl groups is 1. The molecule has 2 heteroatoms. The predicted octanol–water partition coefficient (Wildman–Crippen LogP) is 1.88. The fraction of sp³-hybridized carbons (Fsp3) is 0.833. The summed E-state index contributed by atoms with van der Waals surface area (Å²) in [5.41, 5.74) is -0.130. The van der Waals surface area contributed by atoms with E-state index in [1.807, 2.05) is 21.0 Å². The fourth-order valence-electron chi connectivity index (χ4n) is 1.49. The van der Waals surface area contributed by atoms with Crippen LogP contribution in [0.15, 0.2) is 0 Å². The first-order valence-corrected chi connectivity index (χ1v) is 5.24. The Labute approximate surface area is 88.3 Å². The molecule has 0 saturated carbocycles. The van der Waals surface area contributed by atoms with Crippen LogP contribution in [0.3, 0.4) is 0 Å². The molecule has 2 unspecified atom stereocenters. The van der Waals surface area contributed by atoms with E-state index in [1.165, 1.54) is 0 Å². The van der Waals surface area contributed by atoms with Crippen molar-refractivity contribution in [1.29, 1.82) is 0 Å². The van der Waals surface area contributed by atoms with Crippen LogP contribution in [0.5, 0.6) is 0 Å². The number of hydrogen-bond acceptors (Lipinski definition) is 2. The molecule has 0 aromatic heterocycles. The van der Waals surface area contributed by atoms with E-state index in [2.05, 4.69) is 30.6 Å². The van der Waals surface area contributed by atoms with Gasteiger partial charge in [-0.3, -0.25) is 0 Å². The quantitative estimate of drug-likeness (QED) is 0.680. The van der Waals surface area contributed by atoms with Crippen LogP contribution in [-0.4, -0.2) is 35.7 Å². The highest BCUT2D eigenvalue weighted by molar-refractivity contribution is 4.97. The second-order valence-electron chi connectivity index (χ2n) is 4.09. The molecule has 14 heavy (non-hydrogen) atoms. The van der Waals surface area contributed by atoms with Crippen LogP contribution in [0.25, 0.3) is 0 Å². The highest BCUT2D eigenvalue weighted by Gasteiger charge is 2.32. The number of aliphatic hydroxyl groups excluding tert-OH is 1. The lowest BCUT2D eigenvalue weighted by molar-refractivity contribution is -0.00146. The lowest BCUT2D eigenvalue weighted by Gasteiger charge is -2.39. The molecule has 2 atom stereocenters. The van der Waals surface area contributed by atoms with E-state index in [0.717, 1.165) is 19.3 Å². The first-order chi connectivity index (χ1) is 6.49. The summed E-state index contributed by atoms with van der Waals surface area (Å²) in [6.07, 6.45) is 2.17. The van der Waals surface area contributed by atoms with Gasteiger partial charge < -0.3 is 10.0 Å². The first-order valence-electron chi connectivity index (χ1n) is 5.24. The zero-order valence-corrected chi connectivity index (χ0v) is 10.1. The highest BCUT2D eigenvalue weighted by atomic mass is 16.3. The molecule has 0 rings (SSSR count). The summed E-state index contributed by atoms with van der Waals surface area (Å²) in [6, 6.07) is 0. The topological polar surface area (TPSA) is 23.5 Å². The summed E-state index contributed by atoms with van der Waals surface area (Å²) in [7, 11) is 4.02. The van der Waals surface area contributed by atoms with Crippen molar-refractivity contribution in [2.45, 2.75) is 51.7 Å². The van der Waals surface area contributed by atoms with Crippen LogP contribution in [0.4, 0.5) is 0 Å². The van der Waals surface area contributed by atoms with Gasteiger partial charge >= 0.3 is 0 Å². The van der Waals surface area contributed by atoms with Gasteiger partial charge in [-0.15, -0.1) is 11.8 Å². The maximum Gasteiger partial charge on any atom is 0.0729 e. The largest absolute Gasteiger partial charge is 0.391 e. The molecule has 0 spiro atoms. The average molecular weight is 197 g/mol. The zero-order valence-electron chi connectivity index (χ0n) is 10.1. The maximum absolute atomic E-state index is 10.1. The van der Waals surface area contributed by atoms with Crippen LogP contribution in [0.1, 0.15) is 40.0 Å². The minimum atomic E-state index is -0.302. The molecular weight excluding hydrogens is 174 g/mol. The predicted molar refractivity (Wildman–Crippen MR) is 61.1 cm³/mol. The number of nitrogens with zero attached hydrogens (tertiary/aromatic N) is 1. The van der Waals surface area contributed by atoms with Crippen LogP contribution in [-0.2, 0) is 0 Å². The van der Waals surface area contributed by atoms with Crippen LogP contribution < -0.4 is 0 Å². The Kier molecular flexibility index (Phi) is 5.83. The van der Waals surface area contributed by atoms with E-state index in [9.17, 15) is 5.11 Å². The SMILES string of the molecule is CC#CCCC(O)C(C)(CC)N(C)C. The molecule has 0 radical (unpaired) electrons. The lowest BCUT2D eigenvalue weighted by Crippen LogP contribution is -2.50. The van der Waals surface area contributed by atoms with E-state index >= 15 is 0 Å². The molecule has 0 aromatic carbocycles. The van der Waals surface area contributed by atoms with Crippen molar-refractivity contribution in [2.24, 2.45) is 0 Å². The van der Waals surface area contributed by atoms with Crippen molar-refractivity contribution < 1.29 is 5.11 Å². The van der Waals surface area contributed by atoms with E-state index in [4.69, 9.17) is 0 Å². The number of likely N-dealkylation sites (N-methyl/N-ethyl adjacent to an activating group) is 1. The van der Waals surface area contributed by atoms with Crippen molar-refractivity contribution >= 4 is 0 Å². The Balaban J connectivity index is 4.28. The van der Waals surface area contributed by atoms with Gasteiger partial charge in [-0.2, -0.15) is 0 Å². The van der Waals surface area contributed by atoms with Crippen LogP contribution in [0.2, 0.25) is 0 Å². The average Bonchev–Trinajstić information content (AvgIpc) is 2.16. The third-order valence-electron chi connectivity index (χ3n) is 3.17. The Bertz CT molecular complexity index is 214. The van der Waals surface area contributed by atoms with Crippen molar-refractivity contribution in [3.8, 4) is 11.8 Å². The summed E-state index contributed by atoms with van der Waals surface area (Å²) in [5, 5.41) is 10.1. The van der Waals surface area contributed by atoms with Crippen LogP contribution in [0, 0.1) is 11.8 Å². The summed E-state index contributed by atoms with van der Waals surface area (Å²) in [5.74, 6) is 5.83. The van der Waals surface area contributed by atoms with E-state index < -0.39 is 0 Å². The Morgan fingerprint density at radius 3 is 2.36 bits per heavy atom. The molecule has 0 saturated heterocycles. The molecule has 0 heterocycles. The molecule has 0 aliphatic carbocycles. The number of hydrogen-bond donors (Lipinski definition) is 1. The number of rotatable bonds is 5. The van der Waals surface area contributed by atoms with Gasteiger partial charge in [0.25, 0.3) is 0 Å². The second-order valence-corrected chi connectivity index (χ2v) is 4.09. The smallest absolute Gasteiger partial charge is 0.0729 e. The summed E-state index contributed by atoms with van der Waals surface area (Å²) >= 11 is 0.